The minimum absolute atomic E-state index is 0.101. The summed E-state index contributed by atoms with van der Waals surface area (Å²) >= 11 is 0. The molecule has 5 aromatic rings. The summed E-state index contributed by atoms with van der Waals surface area (Å²) in [6.07, 6.45) is 0. The molecule has 1 fully saturated rings. The summed E-state index contributed by atoms with van der Waals surface area (Å²) in [5.74, 6) is 0.679. The van der Waals surface area contributed by atoms with Crippen LogP contribution in [0, 0.1) is 27.7 Å². The molecule has 3 aromatic carbocycles. The summed E-state index contributed by atoms with van der Waals surface area (Å²) in [7, 11) is 0. The van der Waals surface area contributed by atoms with Crippen molar-refractivity contribution in [2.24, 2.45) is 0 Å². The first-order valence-corrected chi connectivity index (χ1v) is 13.9. The second-order valence-electron chi connectivity index (χ2n) is 10.9. The first-order valence-electron chi connectivity index (χ1n) is 13.9. The molecule has 204 valence electrons. The van der Waals surface area contributed by atoms with E-state index in [1.54, 1.807) is 0 Å². The number of nitrogens with one attached hydrogen (secondary N) is 1. The van der Waals surface area contributed by atoms with Crippen molar-refractivity contribution in [1.29, 1.82) is 0 Å². The molecule has 3 heterocycles. The van der Waals surface area contributed by atoms with Crippen molar-refractivity contribution in [2.45, 2.75) is 40.3 Å². The molecule has 2 aromatic heterocycles. The Morgan fingerprint density at radius 1 is 0.875 bits per heavy atom. The number of aryl methyl sites for hydroxylation is 3. The number of piperazine rings is 1. The van der Waals surface area contributed by atoms with Gasteiger partial charge in [-0.2, -0.15) is 0 Å². The van der Waals surface area contributed by atoms with Gasteiger partial charge in [0.25, 0.3) is 5.56 Å². The van der Waals surface area contributed by atoms with Crippen molar-refractivity contribution >= 4 is 16.6 Å². The first kappa shape index (κ1) is 26.0. The van der Waals surface area contributed by atoms with Crippen LogP contribution in [0.2, 0.25) is 0 Å². The van der Waals surface area contributed by atoms with Gasteiger partial charge in [0.05, 0.1) is 12.1 Å². The highest BCUT2D eigenvalue weighted by molar-refractivity contribution is 5.83. The van der Waals surface area contributed by atoms with Gasteiger partial charge in [0, 0.05) is 37.4 Å². The quantitative estimate of drug-likeness (QED) is 0.341. The lowest BCUT2D eigenvalue weighted by Gasteiger charge is -2.40. The van der Waals surface area contributed by atoms with E-state index in [-0.39, 0.29) is 11.6 Å². The van der Waals surface area contributed by atoms with Crippen LogP contribution in [-0.2, 0) is 6.54 Å². The highest BCUT2D eigenvalue weighted by atomic mass is 16.1. The highest BCUT2D eigenvalue weighted by Gasteiger charge is 2.33. The zero-order chi connectivity index (χ0) is 27.8. The summed E-state index contributed by atoms with van der Waals surface area (Å²) in [6.45, 7) is 12.3. The van der Waals surface area contributed by atoms with E-state index in [2.05, 4.69) is 93.5 Å². The zero-order valence-corrected chi connectivity index (χ0v) is 23.6. The molecule has 0 amide bonds. The monoisotopic (exact) mass is 533 g/mol. The molecule has 1 atom stereocenters. The number of tetrazole rings is 1. The Morgan fingerprint density at radius 3 is 2.42 bits per heavy atom. The number of fused-ring (bicyclic) bond motifs is 1. The van der Waals surface area contributed by atoms with E-state index in [1.807, 2.05) is 35.9 Å². The molecule has 1 saturated heterocycles. The lowest BCUT2D eigenvalue weighted by molar-refractivity contribution is 0.200. The van der Waals surface area contributed by atoms with Crippen LogP contribution in [0.4, 0.5) is 5.69 Å². The van der Waals surface area contributed by atoms with Crippen LogP contribution >= 0.6 is 0 Å². The normalized spacial score (nSPS) is 15.1. The van der Waals surface area contributed by atoms with Gasteiger partial charge < -0.3 is 9.88 Å². The van der Waals surface area contributed by atoms with Crippen LogP contribution in [0.1, 0.15) is 45.2 Å². The lowest BCUT2D eigenvalue weighted by atomic mass is 10.00. The Morgan fingerprint density at radius 2 is 1.65 bits per heavy atom. The molecule has 6 rings (SSSR count). The molecule has 1 aliphatic rings. The van der Waals surface area contributed by atoms with E-state index < -0.39 is 0 Å². The van der Waals surface area contributed by atoms with Crippen LogP contribution < -0.4 is 10.5 Å². The Hall–Kier alpha value is -4.30. The Labute approximate surface area is 234 Å². The standard InChI is InChI=1S/C32H35N7O/c1-21-17-23(3)29-26(18-21)19-27(32(40)33-29)30(31-34-35-36-39(31)20-25-10-6-5-7-11-25)38-15-13-37(14-16-38)28-12-8-9-22(2)24(28)4/h5-12,17-19,30H,13-16,20H2,1-4H3,(H,33,40)/t30-/m0/s1. The molecule has 8 heteroatoms. The predicted molar refractivity (Wildman–Crippen MR) is 159 cm³/mol. The number of H-pyrrole nitrogens is 1. The second-order valence-corrected chi connectivity index (χ2v) is 10.9. The van der Waals surface area contributed by atoms with E-state index in [0.717, 1.165) is 53.8 Å². The largest absolute Gasteiger partial charge is 0.369 e. The Kier molecular flexibility index (Phi) is 6.94. The van der Waals surface area contributed by atoms with Gasteiger partial charge in [-0.25, -0.2) is 4.68 Å². The van der Waals surface area contributed by atoms with Crippen molar-refractivity contribution in [3.05, 3.63) is 116 Å². The molecule has 1 N–H and O–H groups in total. The molecule has 0 saturated carbocycles. The maximum absolute atomic E-state index is 13.7. The lowest BCUT2D eigenvalue weighted by Crippen LogP contribution is -2.49. The number of benzene rings is 3. The number of aromatic nitrogens is 5. The van der Waals surface area contributed by atoms with Crippen molar-refractivity contribution in [2.75, 3.05) is 31.1 Å². The van der Waals surface area contributed by atoms with Gasteiger partial charge in [0.1, 0.15) is 6.04 Å². The van der Waals surface area contributed by atoms with Gasteiger partial charge in [-0.15, -0.1) is 5.10 Å². The fourth-order valence-electron chi connectivity index (χ4n) is 5.98. The fourth-order valence-corrected chi connectivity index (χ4v) is 5.98. The van der Waals surface area contributed by atoms with Crippen LogP contribution in [0.5, 0.6) is 0 Å². The number of hydrogen-bond donors (Lipinski definition) is 1. The zero-order valence-electron chi connectivity index (χ0n) is 23.6. The van der Waals surface area contributed by atoms with Gasteiger partial charge in [0.2, 0.25) is 0 Å². The molecular weight excluding hydrogens is 498 g/mol. The first-order chi connectivity index (χ1) is 19.4. The smallest absolute Gasteiger partial charge is 0.253 e. The van der Waals surface area contributed by atoms with Crippen molar-refractivity contribution in [3.8, 4) is 0 Å². The molecule has 0 spiro atoms. The molecule has 0 bridgehead atoms. The number of anilines is 1. The van der Waals surface area contributed by atoms with Gasteiger partial charge >= 0.3 is 0 Å². The number of aromatic amines is 1. The summed E-state index contributed by atoms with van der Waals surface area (Å²) in [5, 5.41) is 14.0. The van der Waals surface area contributed by atoms with Gasteiger partial charge in [0.15, 0.2) is 5.82 Å². The van der Waals surface area contributed by atoms with Crippen molar-refractivity contribution < 1.29 is 0 Å². The molecule has 0 radical (unpaired) electrons. The minimum atomic E-state index is -0.381. The molecule has 40 heavy (non-hydrogen) atoms. The average molecular weight is 534 g/mol. The Balaban J connectivity index is 1.41. The highest BCUT2D eigenvalue weighted by Crippen LogP contribution is 2.31. The minimum Gasteiger partial charge on any atom is -0.369 e. The van der Waals surface area contributed by atoms with E-state index in [9.17, 15) is 4.79 Å². The van der Waals surface area contributed by atoms with E-state index in [4.69, 9.17) is 0 Å². The topological polar surface area (TPSA) is 82.9 Å². The third-order valence-corrected chi connectivity index (χ3v) is 8.19. The summed E-state index contributed by atoms with van der Waals surface area (Å²) in [4.78, 5) is 21.7. The van der Waals surface area contributed by atoms with Crippen LogP contribution in [0.25, 0.3) is 10.9 Å². The predicted octanol–water partition coefficient (Wildman–Crippen LogP) is 4.71. The molecule has 1 aliphatic heterocycles. The molecule has 8 nitrogen and oxygen atoms in total. The summed E-state index contributed by atoms with van der Waals surface area (Å²) in [5.41, 5.74) is 8.66. The maximum atomic E-state index is 13.7. The van der Waals surface area contributed by atoms with Crippen molar-refractivity contribution in [1.82, 2.24) is 30.1 Å². The number of hydrogen-bond acceptors (Lipinski definition) is 6. The van der Waals surface area contributed by atoms with Crippen LogP contribution in [-0.4, -0.2) is 56.3 Å². The van der Waals surface area contributed by atoms with Gasteiger partial charge in [-0.3, -0.25) is 9.69 Å². The molecular formula is C32H35N7O. The third kappa shape index (κ3) is 4.91. The van der Waals surface area contributed by atoms with Crippen LogP contribution in [0.3, 0.4) is 0 Å². The SMILES string of the molecule is Cc1cc(C)c2[nH]c(=O)c([C@@H](c3nnnn3Cc3ccccc3)N3CCN(c4cccc(C)c4C)CC3)cc2c1. The third-order valence-electron chi connectivity index (χ3n) is 8.19. The van der Waals surface area contributed by atoms with Crippen molar-refractivity contribution in [3.63, 3.8) is 0 Å². The molecule has 0 unspecified atom stereocenters. The number of rotatable bonds is 6. The summed E-state index contributed by atoms with van der Waals surface area (Å²) < 4.78 is 1.84. The maximum Gasteiger partial charge on any atom is 0.253 e. The Bertz CT molecular complexity index is 1720. The van der Waals surface area contributed by atoms with E-state index in [1.165, 1.54) is 16.8 Å². The van der Waals surface area contributed by atoms with E-state index in [0.29, 0.717) is 17.9 Å². The van der Waals surface area contributed by atoms with E-state index >= 15 is 0 Å². The van der Waals surface area contributed by atoms with Gasteiger partial charge in [-0.1, -0.05) is 54.1 Å². The summed E-state index contributed by atoms with van der Waals surface area (Å²) in [6, 6.07) is 22.5. The number of nitrogens with zero attached hydrogens (tertiary/aromatic N) is 6. The van der Waals surface area contributed by atoms with Crippen LogP contribution in [0.15, 0.2) is 71.5 Å². The average Bonchev–Trinajstić information content (AvgIpc) is 3.39. The van der Waals surface area contributed by atoms with Gasteiger partial charge in [-0.05, 0) is 84.0 Å². The second kappa shape index (κ2) is 10.7. The fraction of sp³-hybridized carbons (Fsp3) is 0.312. The molecule has 0 aliphatic carbocycles. The number of pyridine rings is 1.